The molecule has 3 fully saturated rings. The molecule has 13 N–H and O–H groups in total. The maximum absolute atomic E-state index is 15.1. The number of aliphatic hydroxyl groups is 2. The standard InChI is InChI=1S/C59H99N9O15/c1-9-12-15-18-21-24-27-68(53(80)46(35-70)62-50(77)43(28-36(4)5)61-51(78)45(34-69)65-54(81)57(66-38(8)71)31-39(57)25-22-19-16-13-10-2)59(33-41(59)37(6)7)56(83)64-44(30-48(74)75)52(79)67-58(32-40(58)26-23-20-17-14-11-3)55(82)63-42(49(60)76)29-47(72)73/h9,36-37,39-46,69-70H,1,10-35H2,2-8H3,(H2,60,76)(H,61,78)(H,62,77)(H,63,82)(H,64,83)(H,65,81)(H,66,71)(H,67,79)(H,72,73)(H,74,75)/t39?,40?,41?,42-,43?,44-,45-,46-,57?,58?,59?/m1/s1. The van der Waals surface area contributed by atoms with Crippen LogP contribution >= 0.6 is 0 Å². The number of hydrogen-bond donors (Lipinski definition) is 12. The van der Waals surface area contributed by atoms with Crippen molar-refractivity contribution in [2.45, 2.75) is 243 Å². The van der Waals surface area contributed by atoms with E-state index in [2.05, 4.69) is 57.6 Å². The number of carboxylic acid groups (broad SMARTS) is 2. The summed E-state index contributed by atoms with van der Waals surface area (Å²) in [5.74, 6) is -12.7. The number of nitrogens with one attached hydrogen (secondary N) is 7. The molecule has 3 rings (SSSR count). The van der Waals surface area contributed by atoms with Gasteiger partial charge in [0.1, 0.15) is 46.8 Å². The molecular formula is C59H99N9O15. The lowest BCUT2D eigenvalue weighted by molar-refractivity contribution is -0.148. The van der Waals surface area contributed by atoms with E-state index in [1.807, 2.05) is 13.8 Å². The van der Waals surface area contributed by atoms with E-state index < -0.39 is 150 Å². The second kappa shape index (κ2) is 34.0. The SMILES string of the molecule is C=CCCCCCCN(C(=O)[C@@H](CO)NC(=O)C(CC(C)C)NC(=O)[C@@H](CO)NC(=O)C1(NC(C)=O)CC1CCCCCCC)C1(C(=O)N[C@H](CC(=O)O)C(=O)NC2(C(=O)N[C@H](CC(=O)O)C(N)=O)CC2CCCCCCC)CC1C(C)C. The number of aliphatic hydroxyl groups excluding tert-OH is 2. The molecule has 0 radical (unpaired) electrons. The zero-order valence-corrected chi connectivity index (χ0v) is 50.2. The van der Waals surface area contributed by atoms with Gasteiger partial charge in [0, 0.05) is 13.5 Å². The maximum Gasteiger partial charge on any atom is 0.305 e. The number of primary amides is 1. The smallest absolute Gasteiger partial charge is 0.305 e. The topological polar surface area (TPSA) is 382 Å². The van der Waals surface area contributed by atoms with E-state index in [1.54, 1.807) is 19.9 Å². The van der Waals surface area contributed by atoms with Gasteiger partial charge in [-0.25, -0.2) is 0 Å². The van der Waals surface area contributed by atoms with Crippen molar-refractivity contribution in [3.8, 4) is 0 Å². The molecule has 0 spiro atoms. The number of allylic oxidation sites excluding steroid dienone is 1. The maximum atomic E-state index is 15.1. The van der Waals surface area contributed by atoms with E-state index in [0.29, 0.717) is 44.9 Å². The van der Waals surface area contributed by atoms with E-state index in [9.17, 15) is 63.6 Å². The number of carbonyl (C=O) groups is 11. The average Bonchev–Trinajstić information content (AvgIpc) is 2.51. The van der Waals surface area contributed by atoms with Crippen LogP contribution in [0.4, 0.5) is 0 Å². The monoisotopic (exact) mass is 1170 g/mol. The summed E-state index contributed by atoms with van der Waals surface area (Å²) in [6.07, 6.45) is 13.9. The third-order valence-corrected chi connectivity index (χ3v) is 16.5. The largest absolute Gasteiger partial charge is 0.481 e. The Morgan fingerprint density at radius 2 is 1.05 bits per heavy atom. The summed E-state index contributed by atoms with van der Waals surface area (Å²) in [4.78, 5) is 151. The first-order valence-electron chi connectivity index (χ1n) is 30.3. The molecule has 0 bridgehead atoms. The molecule has 0 heterocycles. The van der Waals surface area contributed by atoms with Gasteiger partial charge in [-0.3, -0.25) is 52.7 Å². The Bertz CT molecular complexity index is 2270. The molecule has 3 saturated carbocycles. The van der Waals surface area contributed by atoms with Crippen LogP contribution in [0, 0.1) is 29.6 Å². The fourth-order valence-electron chi connectivity index (χ4n) is 11.6. The summed E-state index contributed by atoms with van der Waals surface area (Å²) in [5.41, 5.74) is 0.679. The van der Waals surface area contributed by atoms with Gasteiger partial charge < -0.3 is 68.3 Å². The number of carboxylic acids is 2. The molecule has 0 aromatic rings. The van der Waals surface area contributed by atoms with Crippen LogP contribution in [0.1, 0.15) is 196 Å². The lowest BCUT2D eigenvalue weighted by Gasteiger charge is -2.37. The van der Waals surface area contributed by atoms with Gasteiger partial charge in [0.15, 0.2) is 0 Å². The van der Waals surface area contributed by atoms with Crippen molar-refractivity contribution in [2.24, 2.45) is 35.3 Å². The van der Waals surface area contributed by atoms with Gasteiger partial charge in [-0.15, -0.1) is 6.58 Å². The molecule has 83 heavy (non-hydrogen) atoms. The van der Waals surface area contributed by atoms with Crippen LogP contribution < -0.4 is 43.0 Å². The number of nitrogens with zero attached hydrogens (tertiary/aromatic N) is 1. The number of nitrogens with two attached hydrogens (primary N) is 1. The van der Waals surface area contributed by atoms with Crippen LogP contribution in [0.3, 0.4) is 0 Å². The van der Waals surface area contributed by atoms with Crippen LogP contribution in [0.5, 0.6) is 0 Å². The number of amides is 9. The van der Waals surface area contributed by atoms with Crippen LogP contribution in [0.15, 0.2) is 12.7 Å². The van der Waals surface area contributed by atoms with Crippen LogP contribution in [0.2, 0.25) is 0 Å². The molecule has 7 unspecified atom stereocenters. The first-order valence-corrected chi connectivity index (χ1v) is 30.3. The number of unbranched alkanes of at least 4 members (excludes halogenated alkanes) is 12. The van der Waals surface area contributed by atoms with Gasteiger partial charge in [-0.05, 0) is 87.4 Å². The van der Waals surface area contributed by atoms with Crippen LogP contribution in [0.25, 0.3) is 0 Å². The van der Waals surface area contributed by atoms with Crippen molar-refractivity contribution in [1.82, 2.24) is 42.1 Å². The van der Waals surface area contributed by atoms with Gasteiger partial charge in [0.05, 0.1) is 26.1 Å². The summed E-state index contributed by atoms with van der Waals surface area (Å²) in [6, 6.07) is -8.15. The normalized spacial score (nSPS) is 23.0. The molecule has 0 aromatic carbocycles. The van der Waals surface area contributed by atoms with Crippen molar-refractivity contribution in [3.63, 3.8) is 0 Å². The van der Waals surface area contributed by atoms with E-state index >= 15 is 9.59 Å². The Balaban J connectivity index is 1.97. The average molecular weight is 1170 g/mol. The van der Waals surface area contributed by atoms with Crippen molar-refractivity contribution in [3.05, 3.63) is 12.7 Å². The molecule has 0 aliphatic heterocycles. The number of aliphatic carboxylic acids is 2. The Hall–Kier alpha value is -6.17. The Morgan fingerprint density at radius 1 is 0.578 bits per heavy atom. The highest BCUT2D eigenvalue weighted by atomic mass is 16.4. The van der Waals surface area contributed by atoms with Crippen LogP contribution in [-0.4, -0.2) is 157 Å². The highest BCUT2D eigenvalue weighted by Gasteiger charge is 2.67. The van der Waals surface area contributed by atoms with Gasteiger partial charge in [0.25, 0.3) is 0 Å². The summed E-state index contributed by atoms with van der Waals surface area (Å²) in [7, 11) is 0. The highest BCUT2D eigenvalue weighted by molar-refractivity contribution is 6.03. The third kappa shape index (κ3) is 20.8. The Kier molecular flexibility index (Phi) is 29.1. The number of rotatable bonds is 44. The van der Waals surface area contributed by atoms with Crippen molar-refractivity contribution < 1.29 is 73.2 Å². The third-order valence-electron chi connectivity index (χ3n) is 16.5. The van der Waals surface area contributed by atoms with Gasteiger partial charge in [-0.1, -0.05) is 125 Å². The molecule has 0 aromatic heterocycles. The zero-order valence-electron chi connectivity index (χ0n) is 50.2. The fraction of sp³-hybridized carbons (Fsp3) is 0.780. The minimum atomic E-state index is -1.84. The second-order valence-electron chi connectivity index (χ2n) is 24.1. The molecule has 3 aliphatic rings. The molecule has 470 valence electrons. The molecule has 11 atom stereocenters. The lowest BCUT2D eigenvalue weighted by atomic mass is 9.98. The first-order chi connectivity index (χ1) is 39.2. The molecular weight excluding hydrogens is 1070 g/mol. The molecule has 0 saturated heterocycles. The Morgan fingerprint density at radius 3 is 1.52 bits per heavy atom. The van der Waals surface area contributed by atoms with Gasteiger partial charge in [0.2, 0.25) is 53.2 Å². The zero-order chi connectivity index (χ0) is 62.2. The number of carbonyl (C=O) groups excluding carboxylic acids is 9. The fourth-order valence-corrected chi connectivity index (χ4v) is 11.6. The van der Waals surface area contributed by atoms with Crippen molar-refractivity contribution in [1.29, 1.82) is 0 Å². The van der Waals surface area contributed by atoms with Gasteiger partial charge in [-0.2, -0.15) is 0 Å². The van der Waals surface area contributed by atoms with Crippen molar-refractivity contribution >= 4 is 65.1 Å². The molecule has 24 heteroatoms. The van der Waals surface area contributed by atoms with E-state index in [0.717, 1.165) is 70.6 Å². The highest BCUT2D eigenvalue weighted by Crippen LogP contribution is 2.54. The van der Waals surface area contributed by atoms with E-state index in [4.69, 9.17) is 5.73 Å². The molecule has 9 amide bonds. The predicted molar refractivity (Wildman–Crippen MR) is 308 cm³/mol. The minimum absolute atomic E-state index is 0.00806. The Labute approximate surface area is 489 Å². The predicted octanol–water partition coefficient (Wildman–Crippen LogP) is 2.75. The molecule has 24 nitrogen and oxygen atoms in total. The summed E-state index contributed by atoms with van der Waals surface area (Å²) in [5, 5.41) is 59.0. The quantitative estimate of drug-likeness (QED) is 0.0308. The van der Waals surface area contributed by atoms with Crippen molar-refractivity contribution in [2.75, 3.05) is 19.8 Å². The van der Waals surface area contributed by atoms with Gasteiger partial charge >= 0.3 is 11.9 Å². The minimum Gasteiger partial charge on any atom is -0.481 e. The number of hydrogen-bond acceptors (Lipinski definition) is 13. The molecule has 3 aliphatic carbocycles. The van der Waals surface area contributed by atoms with Crippen LogP contribution in [-0.2, 0) is 52.7 Å². The summed E-state index contributed by atoms with van der Waals surface area (Å²) >= 11 is 0. The summed E-state index contributed by atoms with van der Waals surface area (Å²) < 4.78 is 0. The first kappa shape index (κ1) is 71.1. The second-order valence-corrected chi connectivity index (χ2v) is 24.1. The summed E-state index contributed by atoms with van der Waals surface area (Å²) in [6.45, 7) is 14.4. The van der Waals surface area contributed by atoms with E-state index in [1.165, 1.54) is 11.8 Å². The van der Waals surface area contributed by atoms with E-state index in [-0.39, 0.29) is 43.6 Å². The lowest BCUT2D eigenvalue weighted by Crippen LogP contribution is -2.64.